The van der Waals surface area contributed by atoms with Crippen LogP contribution >= 0.6 is 0 Å². The van der Waals surface area contributed by atoms with Gasteiger partial charge in [-0.2, -0.15) is 0 Å². The van der Waals surface area contributed by atoms with Crippen molar-refractivity contribution in [2.75, 3.05) is 33.8 Å². The van der Waals surface area contributed by atoms with Crippen molar-refractivity contribution in [3.63, 3.8) is 0 Å². The molecule has 28 heavy (non-hydrogen) atoms. The SMILES string of the molecule is C[C@@H]1CCC[C@@]2(C1)OC[C@@H](C(=O)NCC[NH+](C)C)N2C(=O)c1ccccc1F. The fourth-order valence-corrected chi connectivity index (χ4v) is 4.32. The largest absolute Gasteiger partial charge is 0.353 e. The quantitative estimate of drug-likeness (QED) is 0.781. The zero-order chi connectivity index (χ0) is 20.3. The van der Waals surface area contributed by atoms with Crippen LogP contribution in [0.15, 0.2) is 24.3 Å². The topological polar surface area (TPSA) is 63.1 Å². The Morgan fingerprint density at radius 2 is 2.11 bits per heavy atom. The van der Waals surface area contributed by atoms with Crippen LogP contribution in [0.1, 0.15) is 43.0 Å². The number of ether oxygens (including phenoxy) is 1. The predicted molar refractivity (Wildman–Crippen MR) is 103 cm³/mol. The van der Waals surface area contributed by atoms with E-state index in [9.17, 15) is 14.0 Å². The second-order valence-corrected chi connectivity index (χ2v) is 8.38. The van der Waals surface area contributed by atoms with Gasteiger partial charge < -0.3 is 15.0 Å². The number of nitrogens with zero attached hydrogens (tertiary/aromatic N) is 1. The van der Waals surface area contributed by atoms with Crippen molar-refractivity contribution in [1.82, 2.24) is 10.2 Å². The third-order valence-corrected chi connectivity index (χ3v) is 5.74. The van der Waals surface area contributed by atoms with Gasteiger partial charge >= 0.3 is 0 Å². The molecule has 1 aromatic carbocycles. The maximum Gasteiger partial charge on any atom is 0.259 e. The van der Waals surface area contributed by atoms with E-state index in [1.807, 2.05) is 14.1 Å². The number of hydrogen-bond donors (Lipinski definition) is 2. The van der Waals surface area contributed by atoms with Crippen molar-refractivity contribution < 1.29 is 23.6 Å². The average molecular weight is 392 g/mol. The van der Waals surface area contributed by atoms with Gasteiger partial charge in [-0.25, -0.2) is 4.39 Å². The molecule has 2 N–H and O–H groups in total. The summed E-state index contributed by atoms with van der Waals surface area (Å²) in [6.07, 6.45) is 3.32. The highest BCUT2D eigenvalue weighted by molar-refractivity contribution is 5.98. The highest BCUT2D eigenvalue weighted by Gasteiger charge is 2.54. The fraction of sp³-hybridized carbons (Fsp3) is 0.619. The molecule has 1 aromatic rings. The van der Waals surface area contributed by atoms with E-state index in [4.69, 9.17) is 4.74 Å². The van der Waals surface area contributed by atoms with Crippen molar-refractivity contribution in [2.45, 2.75) is 44.4 Å². The van der Waals surface area contributed by atoms with Gasteiger partial charge in [0, 0.05) is 0 Å². The number of hydrogen-bond acceptors (Lipinski definition) is 3. The molecule has 2 amide bonds. The molecule has 1 saturated carbocycles. The van der Waals surface area contributed by atoms with Crippen molar-refractivity contribution in [3.8, 4) is 0 Å². The summed E-state index contributed by atoms with van der Waals surface area (Å²) in [5.74, 6) is -0.901. The normalized spacial score (nSPS) is 27.4. The monoisotopic (exact) mass is 392 g/mol. The summed E-state index contributed by atoms with van der Waals surface area (Å²) < 4.78 is 20.5. The lowest BCUT2D eigenvalue weighted by Gasteiger charge is -2.43. The number of likely N-dealkylation sites (N-methyl/N-ethyl adjacent to an activating group) is 1. The Morgan fingerprint density at radius 3 is 2.79 bits per heavy atom. The van der Waals surface area contributed by atoms with Crippen molar-refractivity contribution in [1.29, 1.82) is 0 Å². The van der Waals surface area contributed by atoms with E-state index in [0.29, 0.717) is 25.3 Å². The number of carbonyl (C=O) groups excluding carboxylic acids is 2. The molecule has 1 heterocycles. The molecule has 0 unspecified atom stereocenters. The van der Waals surface area contributed by atoms with E-state index < -0.39 is 23.5 Å². The highest BCUT2D eigenvalue weighted by atomic mass is 19.1. The second-order valence-electron chi connectivity index (χ2n) is 8.38. The first kappa shape index (κ1) is 20.7. The van der Waals surface area contributed by atoms with Crippen LogP contribution < -0.4 is 10.2 Å². The Morgan fingerprint density at radius 1 is 1.36 bits per heavy atom. The van der Waals surface area contributed by atoms with Gasteiger partial charge in [0.2, 0.25) is 5.91 Å². The van der Waals surface area contributed by atoms with E-state index in [-0.39, 0.29) is 18.1 Å². The maximum absolute atomic E-state index is 14.4. The smallest absolute Gasteiger partial charge is 0.259 e. The highest BCUT2D eigenvalue weighted by Crippen LogP contribution is 2.43. The van der Waals surface area contributed by atoms with E-state index in [2.05, 4.69) is 12.2 Å². The van der Waals surface area contributed by atoms with E-state index in [1.165, 1.54) is 21.9 Å². The van der Waals surface area contributed by atoms with Crippen LogP contribution in [0.5, 0.6) is 0 Å². The third kappa shape index (κ3) is 4.20. The standard InChI is InChI=1S/C21H30FN3O3/c1-15-7-6-10-21(13-15)25(20(27)16-8-4-5-9-17(16)22)18(14-28-21)19(26)23-11-12-24(2)3/h4-5,8-9,15,18H,6-7,10-14H2,1-3H3,(H,23,26)/p+1/t15-,18+,21+/m1/s1. The number of benzene rings is 1. The molecule has 0 radical (unpaired) electrons. The number of nitrogens with one attached hydrogen (secondary N) is 2. The Bertz CT molecular complexity index is 727. The molecule has 1 aliphatic carbocycles. The van der Waals surface area contributed by atoms with Crippen LogP contribution in [0.2, 0.25) is 0 Å². The lowest BCUT2D eigenvalue weighted by atomic mass is 9.83. The maximum atomic E-state index is 14.4. The first-order valence-electron chi connectivity index (χ1n) is 10.1. The summed E-state index contributed by atoms with van der Waals surface area (Å²) in [5, 5.41) is 2.91. The Labute approximate surface area is 166 Å². The molecule has 154 valence electrons. The minimum atomic E-state index is -0.828. The third-order valence-electron chi connectivity index (χ3n) is 5.74. The summed E-state index contributed by atoms with van der Waals surface area (Å²) in [6, 6.07) is 5.20. The molecular weight excluding hydrogens is 361 g/mol. The summed E-state index contributed by atoms with van der Waals surface area (Å²) in [4.78, 5) is 29.0. The molecular formula is C21H31FN3O3+. The Balaban J connectivity index is 1.88. The number of carbonyl (C=O) groups is 2. The van der Waals surface area contributed by atoms with Crippen LogP contribution in [-0.2, 0) is 9.53 Å². The molecule has 6 nitrogen and oxygen atoms in total. The molecule has 2 aliphatic rings. The van der Waals surface area contributed by atoms with Gasteiger partial charge in [-0.05, 0) is 37.3 Å². The Hall–Kier alpha value is -1.99. The van der Waals surface area contributed by atoms with Crippen molar-refractivity contribution >= 4 is 11.8 Å². The number of rotatable bonds is 5. The van der Waals surface area contributed by atoms with Crippen molar-refractivity contribution in [3.05, 3.63) is 35.6 Å². The van der Waals surface area contributed by atoms with Gasteiger partial charge in [0.25, 0.3) is 5.91 Å². The van der Waals surface area contributed by atoms with Gasteiger partial charge in [0.05, 0.1) is 39.4 Å². The summed E-state index contributed by atoms with van der Waals surface area (Å²) in [6.45, 7) is 3.57. The van der Waals surface area contributed by atoms with Crippen LogP contribution in [0.4, 0.5) is 4.39 Å². The molecule has 3 rings (SSSR count). The molecule has 0 bridgehead atoms. The van der Waals surface area contributed by atoms with Crippen LogP contribution in [0.25, 0.3) is 0 Å². The molecule has 1 spiro atoms. The molecule has 3 atom stereocenters. The van der Waals surface area contributed by atoms with Gasteiger partial charge in [0.1, 0.15) is 17.6 Å². The number of halogens is 1. The van der Waals surface area contributed by atoms with Crippen LogP contribution in [0.3, 0.4) is 0 Å². The van der Waals surface area contributed by atoms with E-state index >= 15 is 0 Å². The molecule has 1 saturated heterocycles. The first-order chi connectivity index (χ1) is 13.3. The summed E-state index contributed by atoms with van der Waals surface area (Å²) in [5.41, 5.74) is -0.840. The molecule has 1 aliphatic heterocycles. The molecule has 2 fully saturated rings. The Kier molecular flexibility index (Phi) is 6.35. The molecule has 0 aromatic heterocycles. The predicted octanol–water partition coefficient (Wildman–Crippen LogP) is 0.834. The van der Waals surface area contributed by atoms with Crippen LogP contribution in [-0.4, -0.2) is 62.3 Å². The summed E-state index contributed by atoms with van der Waals surface area (Å²) >= 11 is 0. The minimum Gasteiger partial charge on any atom is -0.353 e. The van der Waals surface area contributed by atoms with Gasteiger partial charge in [-0.1, -0.05) is 25.5 Å². The summed E-state index contributed by atoms with van der Waals surface area (Å²) in [7, 11) is 4.02. The fourth-order valence-electron chi connectivity index (χ4n) is 4.32. The lowest BCUT2D eigenvalue weighted by molar-refractivity contribution is -0.856. The zero-order valence-corrected chi connectivity index (χ0v) is 17.0. The van der Waals surface area contributed by atoms with Gasteiger partial charge in [-0.3, -0.25) is 14.5 Å². The molecule has 7 heteroatoms. The number of amides is 2. The first-order valence-corrected chi connectivity index (χ1v) is 10.1. The van der Waals surface area contributed by atoms with Gasteiger partial charge in [-0.15, -0.1) is 0 Å². The average Bonchev–Trinajstić information content (AvgIpc) is 2.99. The zero-order valence-electron chi connectivity index (χ0n) is 17.0. The van der Waals surface area contributed by atoms with Crippen LogP contribution in [0, 0.1) is 11.7 Å². The number of quaternary nitrogens is 1. The lowest BCUT2D eigenvalue weighted by Crippen LogP contribution is -3.06. The van der Waals surface area contributed by atoms with E-state index in [0.717, 1.165) is 19.4 Å². The van der Waals surface area contributed by atoms with Crippen molar-refractivity contribution in [2.24, 2.45) is 5.92 Å². The minimum absolute atomic E-state index is 0.0128. The van der Waals surface area contributed by atoms with E-state index in [1.54, 1.807) is 12.1 Å². The second kappa shape index (κ2) is 8.57. The van der Waals surface area contributed by atoms with Gasteiger partial charge in [0.15, 0.2) is 0 Å².